The topological polar surface area (TPSA) is 69.0 Å². The summed E-state index contributed by atoms with van der Waals surface area (Å²) in [4.78, 5) is 2.61. The lowest BCUT2D eigenvalue weighted by atomic mass is 10.0. The predicted molar refractivity (Wildman–Crippen MR) is 59.4 cm³/mol. The summed E-state index contributed by atoms with van der Waals surface area (Å²) >= 11 is 0. The zero-order chi connectivity index (χ0) is 11.1. The molecule has 1 rings (SSSR count). The standard InChI is InChI=1S/C11H15N3O/c1-2-3-9-4-6-10(7-5-9)11(15)8-13-14-12/h4-7,11,15H,2-3,8H2,1H3. The second kappa shape index (κ2) is 6.06. The van der Waals surface area contributed by atoms with Gasteiger partial charge in [-0.05, 0) is 23.1 Å². The van der Waals surface area contributed by atoms with Crippen LogP contribution in [0.1, 0.15) is 30.6 Å². The molecule has 0 radical (unpaired) electrons. The minimum absolute atomic E-state index is 0.0869. The zero-order valence-corrected chi connectivity index (χ0v) is 8.80. The van der Waals surface area contributed by atoms with Gasteiger partial charge in [-0.3, -0.25) is 0 Å². The van der Waals surface area contributed by atoms with E-state index in [9.17, 15) is 5.11 Å². The zero-order valence-electron chi connectivity index (χ0n) is 8.80. The fourth-order valence-electron chi connectivity index (χ4n) is 1.41. The van der Waals surface area contributed by atoms with Crippen LogP contribution in [0.2, 0.25) is 0 Å². The Bertz CT molecular complexity index is 341. The van der Waals surface area contributed by atoms with Crippen molar-refractivity contribution >= 4 is 0 Å². The largest absolute Gasteiger partial charge is 0.388 e. The monoisotopic (exact) mass is 205 g/mol. The Hall–Kier alpha value is -1.51. The molecule has 1 aromatic carbocycles. The minimum atomic E-state index is -0.698. The van der Waals surface area contributed by atoms with E-state index >= 15 is 0 Å². The maximum Gasteiger partial charge on any atom is 0.0846 e. The van der Waals surface area contributed by atoms with Crippen LogP contribution in [-0.2, 0) is 6.42 Å². The third kappa shape index (κ3) is 3.62. The van der Waals surface area contributed by atoms with Gasteiger partial charge in [-0.2, -0.15) is 0 Å². The molecule has 4 heteroatoms. The summed E-state index contributed by atoms with van der Waals surface area (Å²) < 4.78 is 0. The molecule has 0 fully saturated rings. The number of nitrogens with zero attached hydrogens (tertiary/aromatic N) is 3. The van der Waals surface area contributed by atoms with Gasteiger partial charge in [0.25, 0.3) is 0 Å². The molecule has 0 aliphatic rings. The molecule has 0 amide bonds. The van der Waals surface area contributed by atoms with E-state index in [1.165, 1.54) is 5.56 Å². The molecule has 0 aromatic heterocycles. The first-order chi connectivity index (χ1) is 7.27. The fourth-order valence-corrected chi connectivity index (χ4v) is 1.41. The molecular weight excluding hydrogens is 190 g/mol. The summed E-state index contributed by atoms with van der Waals surface area (Å²) in [6.45, 7) is 2.22. The Balaban J connectivity index is 2.66. The number of hydrogen-bond donors (Lipinski definition) is 1. The van der Waals surface area contributed by atoms with Gasteiger partial charge in [-0.1, -0.05) is 42.7 Å². The summed E-state index contributed by atoms with van der Waals surface area (Å²) in [6.07, 6.45) is 1.46. The van der Waals surface area contributed by atoms with Gasteiger partial charge in [-0.15, -0.1) is 0 Å². The smallest absolute Gasteiger partial charge is 0.0846 e. The molecule has 0 aliphatic heterocycles. The Kier molecular flexibility index (Phi) is 4.68. The first-order valence-electron chi connectivity index (χ1n) is 5.05. The molecule has 0 bridgehead atoms. The van der Waals surface area contributed by atoms with E-state index in [0.29, 0.717) is 0 Å². The Morgan fingerprint density at radius 3 is 2.60 bits per heavy atom. The maximum absolute atomic E-state index is 9.61. The van der Waals surface area contributed by atoms with Gasteiger partial charge in [0.15, 0.2) is 0 Å². The van der Waals surface area contributed by atoms with E-state index in [-0.39, 0.29) is 6.54 Å². The molecule has 0 aliphatic carbocycles. The number of aliphatic hydroxyl groups excluding tert-OH is 1. The van der Waals surface area contributed by atoms with Crippen LogP contribution in [-0.4, -0.2) is 11.7 Å². The van der Waals surface area contributed by atoms with Crippen LogP contribution in [0.25, 0.3) is 10.4 Å². The molecule has 80 valence electrons. The van der Waals surface area contributed by atoms with Crippen molar-refractivity contribution in [2.75, 3.05) is 6.54 Å². The number of aryl methyl sites for hydroxylation is 1. The van der Waals surface area contributed by atoms with Gasteiger partial charge in [0, 0.05) is 4.91 Å². The number of hydrogen-bond acceptors (Lipinski definition) is 2. The number of benzene rings is 1. The van der Waals surface area contributed by atoms with Gasteiger partial charge >= 0.3 is 0 Å². The second-order valence-electron chi connectivity index (χ2n) is 3.42. The average Bonchev–Trinajstić information content (AvgIpc) is 2.27. The van der Waals surface area contributed by atoms with Crippen molar-refractivity contribution in [2.24, 2.45) is 5.11 Å². The average molecular weight is 205 g/mol. The van der Waals surface area contributed by atoms with Crippen LogP contribution in [0.4, 0.5) is 0 Å². The highest BCUT2D eigenvalue weighted by Crippen LogP contribution is 2.14. The van der Waals surface area contributed by atoms with Crippen molar-refractivity contribution in [2.45, 2.75) is 25.9 Å². The molecule has 0 saturated heterocycles. The van der Waals surface area contributed by atoms with Gasteiger partial charge in [0.05, 0.1) is 12.6 Å². The van der Waals surface area contributed by atoms with Crippen LogP contribution in [0.3, 0.4) is 0 Å². The summed E-state index contributed by atoms with van der Waals surface area (Å²) in [5.41, 5.74) is 10.2. The van der Waals surface area contributed by atoms with E-state index < -0.39 is 6.10 Å². The normalized spacial score (nSPS) is 11.9. The highest BCUT2D eigenvalue weighted by molar-refractivity contribution is 5.24. The van der Waals surface area contributed by atoms with Gasteiger partial charge in [0.2, 0.25) is 0 Å². The van der Waals surface area contributed by atoms with Gasteiger partial charge < -0.3 is 5.11 Å². The number of aliphatic hydroxyl groups is 1. The molecule has 1 N–H and O–H groups in total. The lowest BCUT2D eigenvalue weighted by molar-refractivity contribution is 0.187. The van der Waals surface area contributed by atoms with Crippen LogP contribution >= 0.6 is 0 Å². The van der Waals surface area contributed by atoms with Crippen molar-refractivity contribution in [1.82, 2.24) is 0 Å². The van der Waals surface area contributed by atoms with Crippen LogP contribution in [0.15, 0.2) is 29.4 Å². The molecule has 0 spiro atoms. The van der Waals surface area contributed by atoms with Crippen LogP contribution in [0.5, 0.6) is 0 Å². The SMILES string of the molecule is CCCc1ccc(C(O)CN=[N+]=[N-])cc1. The van der Waals surface area contributed by atoms with Gasteiger partial charge in [-0.25, -0.2) is 0 Å². The van der Waals surface area contributed by atoms with E-state index in [0.717, 1.165) is 18.4 Å². The van der Waals surface area contributed by atoms with Crippen molar-refractivity contribution < 1.29 is 5.11 Å². The molecule has 15 heavy (non-hydrogen) atoms. The first kappa shape index (κ1) is 11.6. The summed E-state index contributed by atoms with van der Waals surface area (Å²) in [7, 11) is 0. The number of azide groups is 1. The second-order valence-corrected chi connectivity index (χ2v) is 3.42. The van der Waals surface area contributed by atoms with Crippen molar-refractivity contribution in [1.29, 1.82) is 0 Å². The van der Waals surface area contributed by atoms with Crippen molar-refractivity contribution in [3.63, 3.8) is 0 Å². The molecule has 0 heterocycles. The Labute approximate surface area is 89.2 Å². The van der Waals surface area contributed by atoms with E-state index in [4.69, 9.17) is 5.53 Å². The molecule has 0 saturated carbocycles. The number of rotatable bonds is 5. The van der Waals surface area contributed by atoms with Crippen molar-refractivity contribution in [3.8, 4) is 0 Å². The third-order valence-corrected chi connectivity index (χ3v) is 2.22. The van der Waals surface area contributed by atoms with E-state index in [1.54, 1.807) is 0 Å². The molecule has 1 unspecified atom stereocenters. The predicted octanol–water partition coefficient (Wildman–Crippen LogP) is 2.98. The quantitative estimate of drug-likeness (QED) is 0.448. The molecule has 4 nitrogen and oxygen atoms in total. The highest BCUT2D eigenvalue weighted by atomic mass is 16.3. The summed E-state index contributed by atoms with van der Waals surface area (Å²) in [5, 5.41) is 12.9. The van der Waals surface area contributed by atoms with Crippen LogP contribution < -0.4 is 0 Å². The lowest BCUT2D eigenvalue weighted by Gasteiger charge is -2.08. The van der Waals surface area contributed by atoms with Crippen LogP contribution in [0, 0.1) is 0 Å². The fraction of sp³-hybridized carbons (Fsp3) is 0.455. The van der Waals surface area contributed by atoms with Gasteiger partial charge in [0.1, 0.15) is 0 Å². The van der Waals surface area contributed by atoms with Crippen molar-refractivity contribution in [3.05, 3.63) is 45.8 Å². The minimum Gasteiger partial charge on any atom is -0.388 e. The van der Waals surface area contributed by atoms with E-state index in [1.807, 2.05) is 24.3 Å². The Morgan fingerprint density at radius 2 is 2.07 bits per heavy atom. The molecular formula is C11H15N3O. The maximum atomic E-state index is 9.61. The highest BCUT2D eigenvalue weighted by Gasteiger charge is 2.05. The first-order valence-corrected chi connectivity index (χ1v) is 5.05. The van der Waals surface area contributed by atoms with E-state index in [2.05, 4.69) is 16.9 Å². The lowest BCUT2D eigenvalue weighted by Crippen LogP contribution is -2.00. The molecule has 1 aromatic rings. The third-order valence-electron chi connectivity index (χ3n) is 2.22. The summed E-state index contributed by atoms with van der Waals surface area (Å²) in [6, 6.07) is 7.75. The molecule has 1 atom stereocenters. The summed E-state index contributed by atoms with van der Waals surface area (Å²) in [5.74, 6) is 0. The Morgan fingerprint density at radius 1 is 1.40 bits per heavy atom.